The molecule has 0 atom stereocenters. The molecule has 0 N–H and O–H groups in total. The maximum absolute atomic E-state index is 12.0. The van der Waals surface area contributed by atoms with Gasteiger partial charge < -0.3 is 18.6 Å². The lowest BCUT2D eigenvalue weighted by Crippen LogP contribution is -2.04. The van der Waals surface area contributed by atoms with E-state index >= 15 is 0 Å². The van der Waals surface area contributed by atoms with Crippen molar-refractivity contribution in [1.82, 2.24) is 0 Å². The molecule has 1 aromatic heterocycles. The third-order valence-electron chi connectivity index (χ3n) is 3.52. The van der Waals surface area contributed by atoms with E-state index < -0.39 is 5.97 Å². The number of esters is 1. The molecule has 0 aliphatic rings. The highest BCUT2D eigenvalue weighted by atomic mass is 16.5. The summed E-state index contributed by atoms with van der Waals surface area (Å²) >= 11 is 0. The first-order chi connectivity index (χ1) is 12.2. The van der Waals surface area contributed by atoms with Gasteiger partial charge in [-0.3, -0.25) is 0 Å². The monoisotopic (exact) mass is 338 g/mol. The molecule has 128 valence electrons. The van der Waals surface area contributed by atoms with E-state index in [0.717, 1.165) is 11.3 Å². The fourth-order valence-electron chi connectivity index (χ4n) is 2.19. The third-order valence-corrected chi connectivity index (χ3v) is 3.52. The summed E-state index contributed by atoms with van der Waals surface area (Å²) in [7, 11) is 1.61. The van der Waals surface area contributed by atoms with Crippen molar-refractivity contribution in [3.8, 4) is 11.5 Å². The van der Waals surface area contributed by atoms with E-state index in [9.17, 15) is 4.79 Å². The first-order valence-electron chi connectivity index (χ1n) is 7.81. The predicted octanol–water partition coefficient (Wildman–Crippen LogP) is 4.22. The molecular formula is C20H18O5. The average Bonchev–Trinajstić information content (AvgIpc) is 3.15. The van der Waals surface area contributed by atoms with Crippen LogP contribution in [-0.4, -0.2) is 13.1 Å². The van der Waals surface area contributed by atoms with E-state index in [-0.39, 0.29) is 19.0 Å². The smallest absolute Gasteiger partial charge is 0.374 e. The molecule has 0 unspecified atom stereocenters. The minimum Gasteiger partial charge on any atom is -0.497 e. The van der Waals surface area contributed by atoms with Gasteiger partial charge in [0.05, 0.1) is 7.11 Å². The van der Waals surface area contributed by atoms with Crippen LogP contribution in [0.25, 0.3) is 0 Å². The number of carbonyl (C=O) groups is 1. The molecule has 0 saturated carbocycles. The van der Waals surface area contributed by atoms with Crippen LogP contribution in [0.15, 0.2) is 71.1 Å². The topological polar surface area (TPSA) is 57.9 Å². The zero-order valence-corrected chi connectivity index (χ0v) is 13.8. The first kappa shape index (κ1) is 16.6. The van der Waals surface area contributed by atoms with Crippen molar-refractivity contribution >= 4 is 5.97 Å². The van der Waals surface area contributed by atoms with Gasteiger partial charge >= 0.3 is 5.97 Å². The van der Waals surface area contributed by atoms with Gasteiger partial charge in [-0.25, -0.2) is 4.79 Å². The minimum atomic E-state index is -0.500. The Balaban J connectivity index is 1.51. The second kappa shape index (κ2) is 8.06. The summed E-state index contributed by atoms with van der Waals surface area (Å²) in [5, 5.41) is 0. The van der Waals surface area contributed by atoms with E-state index in [1.165, 1.54) is 0 Å². The highest BCUT2D eigenvalue weighted by molar-refractivity contribution is 5.86. The Labute approximate surface area is 145 Å². The van der Waals surface area contributed by atoms with Crippen molar-refractivity contribution < 1.29 is 23.4 Å². The summed E-state index contributed by atoms with van der Waals surface area (Å²) in [5.41, 5.74) is 0.922. The van der Waals surface area contributed by atoms with Crippen molar-refractivity contribution in [2.45, 2.75) is 13.2 Å². The van der Waals surface area contributed by atoms with E-state index in [2.05, 4.69) is 0 Å². The van der Waals surface area contributed by atoms with E-state index in [0.29, 0.717) is 11.5 Å². The van der Waals surface area contributed by atoms with Crippen LogP contribution in [0, 0.1) is 0 Å². The number of hydrogen-bond donors (Lipinski definition) is 0. The molecule has 0 fully saturated rings. The van der Waals surface area contributed by atoms with Crippen LogP contribution in [0.4, 0.5) is 0 Å². The molecule has 1 heterocycles. The maximum atomic E-state index is 12.0. The Morgan fingerprint density at radius 2 is 1.60 bits per heavy atom. The van der Waals surface area contributed by atoms with Gasteiger partial charge in [-0.15, -0.1) is 0 Å². The number of rotatable bonds is 7. The van der Waals surface area contributed by atoms with Gasteiger partial charge in [0.2, 0.25) is 5.76 Å². The summed E-state index contributed by atoms with van der Waals surface area (Å²) in [6.45, 7) is 0.427. The van der Waals surface area contributed by atoms with Crippen LogP contribution < -0.4 is 9.47 Å². The van der Waals surface area contributed by atoms with Gasteiger partial charge in [-0.05, 0) is 42.0 Å². The Bertz CT molecular complexity index is 806. The highest BCUT2D eigenvalue weighted by Gasteiger charge is 2.13. The third kappa shape index (κ3) is 4.64. The molecule has 0 aliphatic carbocycles. The lowest BCUT2D eigenvalue weighted by atomic mass is 10.2. The molecule has 2 aromatic carbocycles. The Hall–Kier alpha value is -3.21. The van der Waals surface area contributed by atoms with Crippen molar-refractivity contribution in [1.29, 1.82) is 0 Å². The molecule has 0 saturated heterocycles. The zero-order chi connectivity index (χ0) is 17.5. The van der Waals surface area contributed by atoms with Gasteiger partial charge in [0.1, 0.15) is 30.5 Å². The number of benzene rings is 2. The number of carbonyl (C=O) groups excluding carboxylic acids is 1. The van der Waals surface area contributed by atoms with E-state index in [4.69, 9.17) is 18.6 Å². The number of hydrogen-bond acceptors (Lipinski definition) is 5. The van der Waals surface area contributed by atoms with Crippen molar-refractivity contribution in [3.63, 3.8) is 0 Å². The number of ether oxygens (including phenoxy) is 3. The molecular weight excluding hydrogens is 320 g/mol. The van der Waals surface area contributed by atoms with E-state index in [1.807, 2.05) is 42.5 Å². The SMILES string of the molecule is COc1ccc(OCc2ccc(C(=O)OCc3ccccc3)o2)cc1. The van der Waals surface area contributed by atoms with Crippen molar-refractivity contribution in [2.75, 3.05) is 7.11 Å². The molecule has 0 amide bonds. The van der Waals surface area contributed by atoms with Gasteiger partial charge in [-0.2, -0.15) is 0 Å². The molecule has 5 heteroatoms. The quantitative estimate of drug-likeness (QED) is 0.604. The van der Waals surface area contributed by atoms with Crippen LogP contribution in [0.3, 0.4) is 0 Å². The summed E-state index contributed by atoms with van der Waals surface area (Å²) in [5.74, 6) is 1.64. The molecule has 0 spiro atoms. The normalized spacial score (nSPS) is 10.3. The summed E-state index contributed by atoms with van der Waals surface area (Å²) in [6.07, 6.45) is 0. The van der Waals surface area contributed by atoms with Crippen molar-refractivity contribution in [3.05, 3.63) is 83.8 Å². The van der Waals surface area contributed by atoms with Crippen LogP contribution >= 0.6 is 0 Å². The number of furan rings is 1. The largest absolute Gasteiger partial charge is 0.497 e. The highest BCUT2D eigenvalue weighted by Crippen LogP contribution is 2.19. The van der Waals surface area contributed by atoms with Gasteiger partial charge in [0.15, 0.2) is 0 Å². The molecule has 3 rings (SSSR count). The summed E-state index contributed by atoms with van der Waals surface area (Å²) < 4.78 is 21.4. The average molecular weight is 338 g/mol. The Kier molecular flexibility index (Phi) is 5.36. The fourth-order valence-corrected chi connectivity index (χ4v) is 2.19. The molecule has 3 aromatic rings. The van der Waals surface area contributed by atoms with Gasteiger partial charge in [0.25, 0.3) is 0 Å². The zero-order valence-electron chi connectivity index (χ0n) is 13.8. The van der Waals surface area contributed by atoms with Gasteiger partial charge in [0, 0.05) is 0 Å². The first-order valence-corrected chi connectivity index (χ1v) is 7.81. The second-order valence-corrected chi connectivity index (χ2v) is 5.29. The standard InChI is InChI=1S/C20H18O5/c1-22-16-7-9-17(10-8-16)23-14-18-11-12-19(25-18)20(21)24-13-15-5-3-2-4-6-15/h2-12H,13-14H2,1H3. The van der Waals surface area contributed by atoms with Crippen LogP contribution in [0.1, 0.15) is 21.9 Å². The molecule has 0 radical (unpaired) electrons. The number of methoxy groups -OCH3 is 1. The van der Waals surface area contributed by atoms with Gasteiger partial charge in [-0.1, -0.05) is 30.3 Å². The van der Waals surface area contributed by atoms with Crippen molar-refractivity contribution in [2.24, 2.45) is 0 Å². The maximum Gasteiger partial charge on any atom is 0.374 e. The Morgan fingerprint density at radius 1 is 0.880 bits per heavy atom. The second-order valence-electron chi connectivity index (χ2n) is 5.29. The van der Waals surface area contributed by atoms with Crippen LogP contribution in [0.2, 0.25) is 0 Å². The van der Waals surface area contributed by atoms with Crippen LogP contribution in [0.5, 0.6) is 11.5 Å². The lowest BCUT2D eigenvalue weighted by Gasteiger charge is -2.05. The van der Waals surface area contributed by atoms with E-state index in [1.54, 1.807) is 31.4 Å². The molecule has 25 heavy (non-hydrogen) atoms. The minimum absolute atomic E-state index is 0.157. The molecule has 5 nitrogen and oxygen atoms in total. The molecule has 0 bridgehead atoms. The Morgan fingerprint density at radius 3 is 2.32 bits per heavy atom. The lowest BCUT2D eigenvalue weighted by molar-refractivity contribution is 0.0432. The fraction of sp³-hybridized carbons (Fsp3) is 0.150. The summed E-state index contributed by atoms with van der Waals surface area (Å²) in [6, 6.07) is 20.0. The predicted molar refractivity (Wildman–Crippen MR) is 91.6 cm³/mol. The van der Waals surface area contributed by atoms with Crippen LogP contribution in [-0.2, 0) is 18.0 Å². The summed E-state index contributed by atoms with van der Waals surface area (Å²) in [4.78, 5) is 12.0. The molecule has 0 aliphatic heterocycles.